The van der Waals surface area contributed by atoms with Crippen LogP contribution in [0.4, 0.5) is 5.69 Å². The third-order valence-corrected chi connectivity index (χ3v) is 8.14. The van der Waals surface area contributed by atoms with Gasteiger partial charge in [0.1, 0.15) is 11.6 Å². The lowest BCUT2D eigenvalue weighted by Crippen LogP contribution is -2.57. The van der Waals surface area contributed by atoms with Gasteiger partial charge in [0, 0.05) is 6.54 Å². The molecular formula is C25H34ClN3O5. The van der Waals surface area contributed by atoms with Crippen molar-refractivity contribution >= 4 is 35.0 Å². The summed E-state index contributed by atoms with van der Waals surface area (Å²) in [5.74, 6) is -2.38. The zero-order valence-corrected chi connectivity index (χ0v) is 20.7. The molecule has 3 heterocycles. The van der Waals surface area contributed by atoms with Gasteiger partial charge in [-0.2, -0.15) is 0 Å². The number of carbonyl (C=O) groups is 3. The van der Waals surface area contributed by atoms with Crippen LogP contribution in [-0.2, 0) is 19.1 Å². The first kappa shape index (κ1) is 24.9. The van der Waals surface area contributed by atoms with Crippen LogP contribution >= 0.6 is 11.6 Å². The van der Waals surface area contributed by atoms with E-state index in [0.717, 1.165) is 12.8 Å². The smallest absolute Gasteiger partial charge is 0.250 e. The largest absolute Gasteiger partial charge is 0.394 e. The number of ether oxygens (including phenoxy) is 1. The molecular weight excluding hydrogens is 458 g/mol. The predicted molar refractivity (Wildman–Crippen MR) is 128 cm³/mol. The maximum Gasteiger partial charge on any atom is 0.250 e. The molecule has 3 aliphatic rings. The lowest BCUT2D eigenvalue weighted by molar-refractivity contribution is -0.145. The summed E-state index contributed by atoms with van der Waals surface area (Å²) in [5, 5.41) is 16.5. The quantitative estimate of drug-likeness (QED) is 0.492. The van der Waals surface area contributed by atoms with Crippen LogP contribution in [0.25, 0.3) is 0 Å². The van der Waals surface area contributed by atoms with Gasteiger partial charge in [0.25, 0.3) is 0 Å². The van der Waals surface area contributed by atoms with E-state index >= 15 is 0 Å². The normalized spacial score (nSPS) is 31.3. The molecule has 34 heavy (non-hydrogen) atoms. The van der Waals surface area contributed by atoms with Crippen LogP contribution in [0.3, 0.4) is 0 Å². The topological polar surface area (TPSA) is 108 Å². The second kappa shape index (κ2) is 9.84. The van der Waals surface area contributed by atoms with Crippen molar-refractivity contribution in [1.82, 2.24) is 10.2 Å². The number of hydrogen-bond donors (Lipinski definition) is 3. The van der Waals surface area contributed by atoms with Gasteiger partial charge < -0.3 is 25.4 Å². The van der Waals surface area contributed by atoms with Crippen LogP contribution in [0, 0.1) is 17.8 Å². The number of hydrogen-bond acceptors (Lipinski definition) is 5. The van der Waals surface area contributed by atoms with Crippen molar-refractivity contribution in [2.45, 2.75) is 70.2 Å². The van der Waals surface area contributed by atoms with Crippen molar-refractivity contribution in [3.63, 3.8) is 0 Å². The highest BCUT2D eigenvalue weighted by atomic mass is 35.5. The molecule has 0 aromatic heterocycles. The van der Waals surface area contributed by atoms with Gasteiger partial charge in [-0.1, -0.05) is 50.9 Å². The van der Waals surface area contributed by atoms with Crippen LogP contribution in [0.15, 0.2) is 24.3 Å². The maximum atomic E-state index is 14.0. The number of fused-ring (bicyclic) bond motifs is 1. The Balaban J connectivity index is 1.75. The maximum absolute atomic E-state index is 14.0. The van der Waals surface area contributed by atoms with Crippen molar-refractivity contribution in [2.24, 2.45) is 17.8 Å². The van der Waals surface area contributed by atoms with Crippen LogP contribution in [0.1, 0.15) is 46.5 Å². The van der Waals surface area contributed by atoms with Crippen molar-refractivity contribution in [3.8, 4) is 0 Å². The number of benzene rings is 1. The van der Waals surface area contributed by atoms with E-state index in [1.165, 1.54) is 4.90 Å². The summed E-state index contributed by atoms with van der Waals surface area (Å²) < 4.78 is 6.41. The lowest BCUT2D eigenvalue weighted by atomic mass is 9.70. The number of rotatable bonds is 9. The Morgan fingerprint density at radius 3 is 2.68 bits per heavy atom. The molecule has 3 amide bonds. The zero-order chi connectivity index (χ0) is 24.6. The van der Waals surface area contributed by atoms with Crippen LogP contribution in [0.2, 0.25) is 5.02 Å². The van der Waals surface area contributed by atoms with Gasteiger partial charge in [-0.15, -0.1) is 0 Å². The van der Waals surface area contributed by atoms with E-state index in [2.05, 4.69) is 10.6 Å². The molecule has 1 aromatic carbocycles. The third-order valence-electron chi connectivity index (χ3n) is 7.82. The molecule has 2 bridgehead atoms. The molecule has 3 N–H and O–H groups in total. The minimum absolute atomic E-state index is 0.0515. The van der Waals surface area contributed by atoms with E-state index in [0.29, 0.717) is 30.1 Å². The van der Waals surface area contributed by atoms with E-state index in [-0.39, 0.29) is 24.3 Å². The fourth-order valence-corrected chi connectivity index (χ4v) is 6.18. The number of amides is 3. The second-order valence-corrected chi connectivity index (χ2v) is 10.1. The van der Waals surface area contributed by atoms with Gasteiger partial charge in [0.2, 0.25) is 17.7 Å². The van der Waals surface area contributed by atoms with Gasteiger partial charge in [-0.05, 0) is 37.3 Å². The molecule has 1 spiro atoms. The van der Waals surface area contributed by atoms with Crippen LogP contribution in [0.5, 0.6) is 0 Å². The molecule has 3 saturated heterocycles. The van der Waals surface area contributed by atoms with Crippen molar-refractivity contribution in [3.05, 3.63) is 29.3 Å². The van der Waals surface area contributed by atoms with Gasteiger partial charge >= 0.3 is 0 Å². The molecule has 8 nitrogen and oxygen atoms in total. The molecule has 1 aromatic rings. The Morgan fingerprint density at radius 1 is 1.29 bits per heavy atom. The number of aliphatic hydroxyl groups is 1. The molecule has 3 aliphatic heterocycles. The third kappa shape index (κ3) is 3.89. The summed E-state index contributed by atoms with van der Waals surface area (Å²) in [6.45, 7) is 6.13. The summed E-state index contributed by atoms with van der Waals surface area (Å²) in [4.78, 5) is 42.4. The van der Waals surface area contributed by atoms with E-state index in [1.807, 2.05) is 20.8 Å². The first-order valence-corrected chi connectivity index (χ1v) is 12.6. The monoisotopic (exact) mass is 491 g/mol. The van der Waals surface area contributed by atoms with Gasteiger partial charge in [0.05, 0.1) is 41.3 Å². The number of nitrogens with one attached hydrogen (secondary N) is 2. The molecule has 0 aliphatic carbocycles. The Kier molecular flexibility index (Phi) is 7.22. The molecule has 4 rings (SSSR count). The Hall–Kier alpha value is -2.16. The Bertz CT molecular complexity index is 958. The van der Waals surface area contributed by atoms with E-state index in [4.69, 9.17) is 16.3 Å². The average Bonchev–Trinajstić information content (AvgIpc) is 3.47. The van der Waals surface area contributed by atoms with Crippen molar-refractivity contribution in [2.75, 3.05) is 18.5 Å². The number of para-hydroxylation sites is 1. The van der Waals surface area contributed by atoms with Gasteiger partial charge in [-0.25, -0.2) is 0 Å². The fourth-order valence-electron chi connectivity index (χ4n) is 5.99. The average molecular weight is 492 g/mol. The lowest BCUT2D eigenvalue weighted by Gasteiger charge is -2.38. The van der Waals surface area contributed by atoms with Crippen LogP contribution in [-0.4, -0.2) is 64.7 Å². The molecule has 0 saturated carbocycles. The molecule has 2 unspecified atom stereocenters. The highest BCUT2D eigenvalue weighted by Crippen LogP contribution is 2.59. The summed E-state index contributed by atoms with van der Waals surface area (Å²) in [6, 6.07) is 5.37. The van der Waals surface area contributed by atoms with E-state index in [9.17, 15) is 19.5 Å². The number of likely N-dealkylation sites (tertiary alicyclic amines) is 1. The van der Waals surface area contributed by atoms with E-state index in [1.54, 1.807) is 24.3 Å². The number of anilines is 1. The van der Waals surface area contributed by atoms with Crippen molar-refractivity contribution in [1.29, 1.82) is 0 Å². The van der Waals surface area contributed by atoms with Crippen LogP contribution < -0.4 is 10.6 Å². The number of nitrogens with zero attached hydrogens (tertiary/aromatic N) is 1. The molecule has 3 fully saturated rings. The Morgan fingerprint density at radius 2 is 2.03 bits per heavy atom. The number of aliphatic hydroxyl groups excluding tert-OH is 1. The van der Waals surface area contributed by atoms with E-state index < -0.39 is 41.5 Å². The molecule has 9 heteroatoms. The fraction of sp³-hybridized carbons (Fsp3) is 0.640. The SMILES string of the molecule is CCCNC(=O)[C@@H]1[C@@H]2CCC3(O2)C(C(=O)Nc2ccccc2Cl)N([C@@H](CO)[C@@H](C)CC)C(=O)[C@H]13. The second-order valence-electron chi connectivity index (χ2n) is 9.70. The molecule has 7 atom stereocenters. The van der Waals surface area contributed by atoms with Crippen molar-refractivity contribution < 1.29 is 24.2 Å². The van der Waals surface area contributed by atoms with Gasteiger partial charge in [-0.3, -0.25) is 14.4 Å². The summed E-state index contributed by atoms with van der Waals surface area (Å²) in [7, 11) is 0. The molecule has 0 radical (unpaired) electrons. The predicted octanol–water partition coefficient (Wildman–Crippen LogP) is 2.59. The number of carbonyl (C=O) groups excluding carboxylic acids is 3. The summed E-state index contributed by atoms with van der Waals surface area (Å²) in [5.41, 5.74) is -0.669. The minimum Gasteiger partial charge on any atom is -0.394 e. The highest BCUT2D eigenvalue weighted by molar-refractivity contribution is 6.33. The molecule has 186 valence electrons. The number of halogens is 1. The standard InChI is InChI=1S/C25H34ClN3O5/c1-4-12-27-22(31)19-18-10-11-25(34-18)20(19)24(33)29(17(13-30)14(3)5-2)21(25)23(32)28-16-9-7-6-8-15(16)26/h6-9,14,17-21,30H,4-5,10-13H2,1-3H3,(H,27,31)(H,28,32)/t14-,17-,18-,19+,20-,21?,25?/m0/s1. The first-order valence-electron chi connectivity index (χ1n) is 12.2. The summed E-state index contributed by atoms with van der Waals surface area (Å²) in [6.07, 6.45) is 2.20. The van der Waals surface area contributed by atoms with Gasteiger partial charge in [0.15, 0.2) is 0 Å². The minimum atomic E-state index is -1.11. The zero-order valence-electron chi connectivity index (χ0n) is 19.9. The Labute approximate surface area is 205 Å². The summed E-state index contributed by atoms with van der Waals surface area (Å²) >= 11 is 6.28. The highest BCUT2D eigenvalue weighted by Gasteiger charge is 2.75. The first-order chi connectivity index (χ1) is 16.3.